The lowest BCUT2D eigenvalue weighted by Gasteiger charge is -2.44. The number of halogens is 1. The summed E-state index contributed by atoms with van der Waals surface area (Å²) in [7, 11) is 1.65. The van der Waals surface area contributed by atoms with Gasteiger partial charge in [-0.2, -0.15) is 0 Å². The van der Waals surface area contributed by atoms with Crippen molar-refractivity contribution in [2.24, 2.45) is 5.92 Å². The van der Waals surface area contributed by atoms with Crippen molar-refractivity contribution in [2.45, 2.75) is 50.5 Å². The number of nitrogens with zero attached hydrogens (tertiary/aromatic N) is 1. The second-order valence-electron chi connectivity index (χ2n) is 9.19. The molecule has 5 rings (SSSR count). The predicted octanol–water partition coefficient (Wildman–Crippen LogP) is 4.33. The van der Waals surface area contributed by atoms with Gasteiger partial charge in [-0.1, -0.05) is 37.4 Å². The van der Waals surface area contributed by atoms with Gasteiger partial charge in [0.1, 0.15) is 5.58 Å². The lowest BCUT2D eigenvalue weighted by molar-refractivity contribution is -0.125. The third-order valence-electron chi connectivity index (χ3n) is 7.22. The molecule has 3 heterocycles. The van der Waals surface area contributed by atoms with Gasteiger partial charge in [0, 0.05) is 37.0 Å². The van der Waals surface area contributed by atoms with Crippen molar-refractivity contribution in [1.29, 1.82) is 0 Å². The van der Waals surface area contributed by atoms with Crippen LogP contribution in [-0.2, 0) is 10.3 Å². The number of anilines is 1. The van der Waals surface area contributed by atoms with Gasteiger partial charge in [-0.3, -0.25) is 9.59 Å². The summed E-state index contributed by atoms with van der Waals surface area (Å²) in [6.45, 7) is 5.19. The first-order valence-corrected chi connectivity index (χ1v) is 11.8. The predicted molar refractivity (Wildman–Crippen MR) is 125 cm³/mol. The molecule has 1 aromatic heterocycles. The molecule has 0 bridgehead atoms. The Hall–Kier alpha value is -2.67. The second-order valence-corrected chi connectivity index (χ2v) is 9.60. The number of furan rings is 1. The largest absolute Gasteiger partial charge is 0.450 e. The van der Waals surface area contributed by atoms with Crippen LogP contribution in [0.1, 0.15) is 61.1 Å². The van der Waals surface area contributed by atoms with Crippen LogP contribution in [0.2, 0.25) is 5.02 Å². The molecule has 2 aliphatic heterocycles. The second kappa shape index (κ2) is 8.03. The summed E-state index contributed by atoms with van der Waals surface area (Å²) >= 11 is 6.68. The maximum atomic E-state index is 13.2. The van der Waals surface area contributed by atoms with Crippen LogP contribution in [0, 0.1) is 5.92 Å². The topological polar surface area (TPSA) is 86.6 Å². The van der Waals surface area contributed by atoms with Crippen LogP contribution in [0.3, 0.4) is 0 Å². The maximum Gasteiger partial charge on any atom is 0.289 e. The highest BCUT2D eigenvalue weighted by Crippen LogP contribution is 2.49. The summed E-state index contributed by atoms with van der Waals surface area (Å²) in [5.74, 6) is 0.921. The van der Waals surface area contributed by atoms with Crippen molar-refractivity contribution >= 4 is 40.1 Å². The standard InChI is InChI=1S/C24H29ClN4O3/c1-14-27-20-17(25)12-16-13-18(23(31)29-10-6-15(7-11-29)22(30)26-2)32-21(16)19(20)24(28-14)8-4-3-5-9-24/h12-13,15,27-28H,1,3-11H2,2H3,(H,26,30). The summed E-state index contributed by atoms with van der Waals surface area (Å²) in [4.78, 5) is 26.9. The van der Waals surface area contributed by atoms with Crippen molar-refractivity contribution < 1.29 is 14.0 Å². The normalized spacial score (nSPS) is 20.6. The molecular weight excluding hydrogens is 428 g/mol. The molecular formula is C24H29ClN4O3. The quantitative estimate of drug-likeness (QED) is 0.626. The minimum atomic E-state index is -0.289. The Bertz CT molecular complexity index is 1090. The van der Waals surface area contributed by atoms with Crippen molar-refractivity contribution in [3.05, 3.63) is 40.9 Å². The van der Waals surface area contributed by atoms with Crippen LogP contribution in [-0.4, -0.2) is 36.9 Å². The Morgan fingerprint density at radius 3 is 2.62 bits per heavy atom. The number of hydrogen-bond acceptors (Lipinski definition) is 5. The van der Waals surface area contributed by atoms with Crippen molar-refractivity contribution in [2.75, 3.05) is 25.5 Å². The number of likely N-dealkylation sites (tertiary alicyclic amines) is 1. The average Bonchev–Trinajstić information content (AvgIpc) is 3.22. The maximum absolute atomic E-state index is 13.2. The van der Waals surface area contributed by atoms with E-state index in [0.717, 1.165) is 48.1 Å². The van der Waals surface area contributed by atoms with Gasteiger partial charge in [0.15, 0.2) is 5.76 Å². The molecule has 1 aliphatic carbocycles. The highest BCUT2D eigenvalue weighted by molar-refractivity contribution is 6.34. The minimum Gasteiger partial charge on any atom is -0.450 e. The van der Waals surface area contributed by atoms with E-state index in [2.05, 4.69) is 22.5 Å². The van der Waals surface area contributed by atoms with Crippen molar-refractivity contribution in [1.82, 2.24) is 15.5 Å². The van der Waals surface area contributed by atoms with Gasteiger partial charge < -0.3 is 25.3 Å². The smallest absolute Gasteiger partial charge is 0.289 e. The third kappa shape index (κ3) is 3.43. The monoisotopic (exact) mass is 456 g/mol. The van der Waals surface area contributed by atoms with Gasteiger partial charge in [0.2, 0.25) is 5.91 Å². The van der Waals surface area contributed by atoms with Crippen LogP contribution in [0.4, 0.5) is 5.69 Å². The number of hydrogen-bond donors (Lipinski definition) is 3. The van der Waals surface area contributed by atoms with E-state index in [1.165, 1.54) is 6.42 Å². The van der Waals surface area contributed by atoms with Gasteiger partial charge in [-0.05, 0) is 37.8 Å². The van der Waals surface area contributed by atoms with Gasteiger partial charge >= 0.3 is 0 Å². The highest BCUT2D eigenvalue weighted by Gasteiger charge is 2.42. The van der Waals surface area contributed by atoms with E-state index in [1.807, 2.05) is 6.07 Å². The number of carbonyl (C=O) groups excluding carboxylic acids is 2. The van der Waals surface area contributed by atoms with E-state index in [0.29, 0.717) is 42.3 Å². The fraction of sp³-hybridized carbons (Fsp3) is 0.500. The van der Waals surface area contributed by atoms with Gasteiger partial charge in [-0.25, -0.2) is 0 Å². The van der Waals surface area contributed by atoms with Crippen LogP contribution in [0.5, 0.6) is 0 Å². The Morgan fingerprint density at radius 2 is 1.94 bits per heavy atom. The molecule has 1 spiro atoms. The van der Waals surface area contributed by atoms with E-state index in [-0.39, 0.29) is 23.3 Å². The number of piperidine rings is 1. The number of benzene rings is 1. The first-order chi connectivity index (χ1) is 15.4. The highest BCUT2D eigenvalue weighted by atomic mass is 35.5. The Morgan fingerprint density at radius 1 is 1.22 bits per heavy atom. The molecule has 32 heavy (non-hydrogen) atoms. The number of carbonyl (C=O) groups is 2. The Labute approximate surface area is 192 Å². The van der Waals surface area contributed by atoms with E-state index in [4.69, 9.17) is 16.0 Å². The van der Waals surface area contributed by atoms with Crippen LogP contribution in [0.25, 0.3) is 11.0 Å². The molecule has 1 saturated carbocycles. The van der Waals surface area contributed by atoms with E-state index >= 15 is 0 Å². The van der Waals surface area contributed by atoms with E-state index in [9.17, 15) is 9.59 Å². The van der Waals surface area contributed by atoms with Crippen LogP contribution >= 0.6 is 11.6 Å². The molecule has 2 fully saturated rings. The van der Waals surface area contributed by atoms with Crippen LogP contribution in [0.15, 0.2) is 28.9 Å². The zero-order chi connectivity index (χ0) is 22.5. The molecule has 2 amide bonds. The lowest BCUT2D eigenvalue weighted by Crippen LogP contribution is -2.48. The molecule has 0 unspecified atom stereocenters. The molecule has 0 radical (unpaired) electrons. The molecule has 3 aliphatic rings. The third-order valence-corrected chi connectivity index (χ3v) is 7.52. The summed E-state index contributed by atoms with van der Waals surface area (Å²) in [6, 6.07) is 3.66. The van der Waals surface area contributed by atoms with Gasteiger partial charge in [-0.15, -0.1) is 0 Å². The molecule has 7 nitrogen and oxygen atoms in total. The van der Waals surface area contributed by atoms with Crippen molar-refractivity contribution in [3.63, 3.8) is 0 Å². The fourth-order valence-corrected chi connectivity index (χ4v) is 5.86. The summed E-state index contributed by atoms with van der Waals surface area (Å²) in [5, 5.41) is 11.0. The van der Waals surface area contributed by atoms with E-state index in [1.54, 1.807) is 18.0 Å². The summed E-state index contributed by atoms with van der Waals surface area (Å²) < 4.78 is 6.26. The Kier molecular flexibility index (Phi) is 5.32. The number of nitrogens with one attached hydrogen (secondary N) is 3. The molecule has 2 aromatic rings. The molecule has 0 atom stereocenters. The Balaban J connectivity index is 1.50. The first-order valence-electron chi connectivity index (χ1n) is 11.4. The van der Waals surface area contributed by atoms with Gasteiger partial charge in [0.25, 0.3) is 5.91 Å². The molecule has 8 heteroatoms. The van der Waals surface area contributed by atoms with Crippen molar-refractivity contribution in [3.8, 4) is 0 Å². The van der Waals surface area contributed by atoms with Crippen LogP contribution < -0.4 is 16.0 Å². The van der Waals surface area contributed by atoms with E-state index < -0.39 is 0 Å². The number of rotatable bonds is 2. The average molecular weight is 457 g/mol. The SMILES string of the molecule is C=C1Nc2c(Cl)cc3cc(C(=O)N4CCC(C(=O)NC)CC4)oc3c2C2(CCCCC2)N1. The summed E-state index contributed by atoms with van der Waals surface area (Å²) in [5.41, 5.74) is 2.25. The lowest BCUT2D eigenvalue weighted by atomic mass is 9.74. The minimum absolute atomic E-state index is 0.0399. The zero-order valence-electron chi connectivity index (χ0n) is 18.4. The number of amides is 2. The molecule has 1 saturated heterocycles. The fourth-order valence-electron chi connectivity index (χ4n) is 5.60. The molecule has 3 N–H and O–H groups in total. The first kappa shape index (κ1) is 21.2. The molecule has 1 aromatic carbocycles. The van der Waals surface area contributed by atoms with Gasteiger partial charge in [0.05, 0.1) is 22.1 Å². The number of fused-ring (bicyclic) bond motifs is 4. The summed E-state index contributed by atoms with van der Waals surface area (Å²) in [6.07, 6.45) is 6.68. The zero-order valence-corrected chi connectivity index (χ0v) is 19.1. The molecule has 170 valence electrons.